The summed E-state index contributed by atoms with van der Waals surface area (Å²) in [6.07, 6.45) is 5.28. The van der Waals surface area contributed by atoms with E-state index >= 15 is 0 Å². The number of nitrogens with zero attached hydrogens (tertiary/aromatic N) is 3. The van der Waals surface area contributed by atoms with Crippen LogP contribution in [0.5, 0.6) is 0 Å². The Bertz CT molecular complexity index is 1410. The molecule has 5 rings (SSSR count). The van der Waals surface area contributed by atoms with E-state index in [-0.39, 0.29) is 24.1 Å². The van der Waals surface area contributed by atoms with Gasteiger partial charge in [-0.25, -0.2) is 14.5 Å². The molecule has 40 heavy (non-hydrogen) atoms. The summed E-state index contributed by atoms with van der Waals surface area (Å²) in [6, 6.07) is 11.2. The molecule has 1 aliphatic heterocycles. The fourth-order valence-corrected chi connectivity index (χ4v) is 5.30. The Balaban J connectivity index is 1.32. The van der Waals surface area contributed by atoms with E-state index < -0.39 is 5.60 Å². The molecule has 3 aromatic rings. The number of rotatable bonds is 5. The number of ether oxygens (including phenoxy) is 1. The van der Waals surface area contributed by atoms with E-state index in [9.17, 15) is 9.59 Å². The molecule has 0 bridgehead atoms. The molecule has 3 heterocycles. The lowest BCUT2D eigenvalue weighted by atomic mass is 9.91. The fraction of sp³-hybridized carbons (Fsp3) is 0.433. The Morgan fingerprint density at radius 2 is 1.82 bits per heavy atom. The van der Waals surface area contributed by atoms with Crippen molar-refractivity contribution in [3.8, 4) is 11.3 Å². The molecule has 2 aromatic heterocycles. The van der Waals surface area contributed by atoms with Gasteiger partial charge in [0.2, 0.25) is 0 Å². The average Bonchev–Trinajstić information content (AvgIpc) is 3.29. The lowest BCUT2D eigenvalue weighted by Crippen LogP contribution is -2.41. The number of alkyl carbamates (subject to hydrolysis) is 1. The highest BCUT2D eigenvalue weighted by molar-refractivity contribution is 6.09. The van der Waals surface area contributed by atoms with Gasteiger partial charge in [0.25, 0.3) is 5.91 Å². The van der Waals surface area contributed by atoms with Crippen LogP contribution < -0.4 is 16.0 Å². The summed E-state index contributed by atoms with van der Waals surface area (Å²) < 4.78 is 7.45. The summed E-state index contributed by atoms with van der Waals surface area (Å²) in [4.78, 5) is 29.2. The number of nitrogens with one attached hydrogen (secondary N) is 4. The molecule has 0 atom stereocenters. The molecule has 10 nitrogen and oxygen atoms in total. The highest BCUT2D eigenvalue weighted by atomic mass is 16.6. The molecule has 1 aromatic carbocycles. The lowest BCUT2D eigenvalue weighted by molar-refractivity contribution is 0.0487. The first kappa shape index (κ1) is 27.4. The Labute approximate surface area is 234 Å². The number of aryl methyl sites for hydroxylation is 1. The van der Waals surface area contributed by atoms with Gasteiger partial charge in [-0.2, -0.15) is 5.10 Å². The summed E-state index contributed by atoms with van der Waals surface area (Å²) >= 11 is 0. The normalized spacial score (nSPS) is 18.9. The van der Waals surface area contributed by atoms with E-state index in [1.165, 1.54) is 0 Å². The van der Waals surface area contributed by atoms with Gasteiger partial charge in [0.15, 0.2) is 0 Å². The molecule has 10 heteroatoms. The quantitative estimate of drug-likeness (QED) is 0.326. The maximum absolute atomic E-state index is 12.8. The number of amides is 2. The Morgan fingerprint density at radius 3 is 2.50 bits per heavy atom. The molecule has 210 valence electrons. The largest absolute Gasteiger partial charge is 0.444 e. The third-order valence-electron chi connectivity index (χ3n) is 7.22. The van der Waals surface area contributed by atoms with Crippen molar-refractivity contribution < 1.29 is 14.3 Å². The fourth-order valence-electron chi connectivity index (χ4n) is 5.30. The van der Waals surface area contributed by atoms with E-state index in [2.05, 4.69) is 20.9 Å². The van der Waals surface area contributed by atoms with E-state index in [0.717, 1.165) is 53.9 Å². The van der Waals surface area contributed by atoms with Gasteiger partial charge in [-0.05, 0) is 83.2 Å². The van der Waals surface area contributed by atoms with Gasteiger partial charge in [0.05, 0.1) is 11.6 Å². The maximum atomic E-state index is 12.8. The highest BCUT2D eigenvalue weighted by Crippen LogP contribution is 2.38. The zero-order valence-corrected chi connectivity index (χ0v) is 23.5. The van der Waals surface area contributed by atoms with Crippen LogP contribution in [0.1, 0.15) is 80.4 Å². The SMILES string of the molecule is Cc1ccnc(NC(=O)c2ccc(-c3nn(C4CCC(NC(=O)OC(C)(C)C)CC4)c4c3C(=N)CCN4)cc2)c1. The van der Waals surface area contributed by atoms with Crippen molar-refractivity contribution >= 4 is 29.3 Å². The molecule has 4 N–H and O–H groups in total. The van der Waals surface area contributed by atoms with Crippen LogP contribution in [0.4, 0.5) is 16.4 Å². The maximum Gasteiger partial charge on any atom is 0.407 e. The van der Waals surface area contributed by atoms with Crippen molar-refractivity contribution in [1.82, 2.24) is 20.1 Å². The summed E-state index contributed by atoms with van der Waals surface area (Å²) in [5, 5.41) is 23.0. The van der Waals surface area contributed by atoms with Crippen molar-refractivity contribution in [2.24, 2.45) is 0 Å². The van der Waals surface area contributed by atoms with Crippen LogP contribution >= 0.6 is 0 Å². The highest BCUT2D eigenvalue weighted by Gasteiger charge is 2.32. The number of aromatic nitrogens is 3. The van der Waals surface area contributed by atoms with Crippen molar-refractivity contribution in [1.29, 1.82) is 5.41 Å². The molecule has 1 fully saturated rings. The van der Waals surface area contributed by atoms with E-state index in [1.54, 1.807) is 18.3 Å². The zero-order valence-electron chi connectivity index (χ0n) is 23.5. The number of hydrogen-bond acceptors (Lipinski definition) is 7. The number of anilines is 2. The molecule has 0 spiro atoms. The summed E-state index contributed by atoms with van der Waals surface area (Å²) in [6.45, 7) is 8.22. The first-order chi connectivity index (χ1) is 19.1. The predicted molar refractivity (Wildman–Crippen MR) is 155 cm³/mol. The van der Waals surface area contributed by atoms with Gasteiger partial charge in [-0.3, -0.25) is 4.79 Å². The van der Waals surface area contributed by atoms with E-state index in [0.29, 0.717) is 30.1 Å². The number of fused-ring (bicyclic) bond motifs is 1. The number of carbonyl (C=O) groups is 2. The average molecular weight is 544 g/mol. The first-order valence-electron chi connectivity index (χ1n) is 13.9. The molecule has 2 amide bonds. The molecule has 0 saturated heterocycles. The van der Waals surface area contributed by atoms with Gasteiger partial charge in [0, 0.05) is 42.0 Å². The van der Waals surface area contributed by atoms with Crippen LogP contribution in [0.25, 0.3) is 11.3 Å². The summed E-state index contributed by atoms with van der Waals surface area (Å²) in [7, 11) is 0. The lowest BCUT2D eigenvalue weighted by Gasteiger charge is -2.31. The minimum atomic E-state index is -0.526. The predicted octanol–water partition coefficient (Wildman–Crippen LogP) is 5.70. The standard InChI is InChI=1S/C30H37N7O3/c1-18-13-15-32-24(17-18)35-28(38)20-7-5-19(6-8-20)26-25-23(31)14-16-33-27(25)37(36-26)22-11-9-21(10-12-22)34-29(39)40-30(2,3)4/h5-8,13,15,17,21-22,31,33H,9-12,14,16H2,1-4H3,(H,34,39)(H,32,35,38). The van der Waals surface area contributed by atoms with Crippen LogP contribution in [0.3, 0.4) is 0 Å². The molecule has 1 saturated carbocycles. The van der Waals surface area contributed by atoms with Crippen molar-refractivity contribution in [3.63, 3.8) is 0 Å². The Kier molecular flexibility index (Phi) is 7.60. The van der Waals surface area contributed by atoms with E-state index in [1.807, 2.05) is 56.6 Å². The Hall–Kier alpha value is -4.21. The molecule has 0 unspecified atom stereocenters. The Morgan fingerprint density at radius 1 is 1.10 bits per heavy atom. The van der Waals surface area contributed by atoms with Gasteiger partial charge < -0.3 is 26.1 Å². The topological polar surface area (TPSA) is 134 Å². The summed E-state index contributed by atoms with van der Waals surface area (Å²) in [5.41, 5.74) is 3.99. The molecular weight excluding hydrogens is 506 g/mol. The number of carbonyl (C=O) groups excluding carboxylic acids is 2. The second kappa shape index (κ2) is 11.1. The van der Waals surface area contributed by atoms with Gasteiger partial charge in [-0.15, -0.1) is 0 Å². The summed E-state index contributed by atoms with van der Waals surface area (Å²) in [5.74, 6) is 1.16. The minimum absolute atomic E-state index is 0.0666. The first-order valence-corrected chi connectivity index (χ1v) is 13.9. The number of hydrogen-bond donors (Lipinski definition) is 4. The van der Waals surface area contributed by atoms with Gasteiger partial charge in [0.1, 0.15) is 22.9 Å². The molecule has 0 radical (unpaired) electrons. The number of pyridine rings is 1. The van der Waals surface area contributed by atoms with Gasteiger partial charge in [-0.1, -0.05) is 12.1 Å². The van der Waals surface area contributed by atoms with Crippen LogP contribution in [0, 0.1) is 12.3 Å². The van der Waals surface area contributed by atoms with Crippen LogP contribution in [0.15, 0.2) is 42.6 Å². The van der Waals surface area contributed by atoms with Crippen LogP contribution in [0.2, 0.25) is 0 Å². The van der Waals surface area contributed by atoms with Crippen LogP contribution in [-0.2, 0) is 4.74 Å². The molecule has 2 aliphatic rings. The van der Waals surface area contributed by atoms with E-state index in [4.69, 9.17) is 15.2 Å². The third-order valence-corrected chi connectivity index (χ3v) is 7.22. The zero-order chi connectivity index (χ0) is 28.4. The monoisotopic (exact) mass is 543 g/mol. The smallest absolute Gasteiger partial charge is 0.407 e. The van der Waals surface area contributed by atoms with Crippen LogP contribution in [-0.4, -0.2) is 50.7 Å². The second-order valence-corrected chi connectivity index (χ2v) is 11.6. The molecule has 1 aliphatic carbocycles. The van der Waals surface area contributed by atoms with Crippen molar-refractivity contribution in [2.45, 2.75) is 77.5 Å². The second-order valence-electron chi connectivity index (χ2n) is 11.6. The number of benzene rings is 1. The third kappa shape index (κ3) is 6.16. The van der Waals surface area contributed by atoms with Crippen molar-refractivity contribution in [3.05, 3.63) is 59.3 Å². The van der Waals surface area contributed by atoms with Crippen molar-refractivity contribution in [2.75, 3.05) is 17.2 Å². The molecular formula is C30H37N7O3. The minimum Gasteiger partial charge on any atom is -0.444 e. The van der Waals surface area contributed by atoms with Gasteiger partial charge >= 0.3 is 6.09 Å².